The van der Waals surface area contributed by atoms with E-state index in [0.29, 0.717) is 0 Å². The van der Waals surface area contributed by atoms with E-state index in [1.807, 2.05) is 26.8 Å². The predicted molar refractivity (Wildman–Crippen MR) is 86.1 cm³/mol. The molecule has 0 saturated heterocycles. The highest BCUT2D eigenvalue weighted by Crippen LogP contribution is 2.27. The van der Waals surface area contributed by atoms with Gasteiger partial charge in [0, 0.05) is 12.1 Å². The number of nitro benzene ring substituents is 1. The number of non-ortho nitro benzene ring substituents is 1. The van der Waals surface area contributed by atoms with Crippen LogP contribution >= 0.6 is 0 Å². The lowest BCUT2D eigenvalue weighted by molar-refractivity contribution is -0.384. The third kappa shape index (κ3) is 4.07. The number of rotatable bonds is 4. The number of hydrogen-bond acceptors (Lipinski definition) is 5. The Morgan fingerprint density at radius 1 is 1.04 bits per heavy atom. The lowest BCUT2D eigenvalue weighted by Gasteiger charge is -2.19. The molecule has 122 valence electrons. The minimum atomic E-state index is -4.04. The van der Waals surface area contributed by atoms with Gasteiger partial charge in [-0.1, -0.05) is 32.9 Å². The number of benzene rings is 2. The molecule has 0 fully saturated rings. The van der Waals surface area contributed by atoms with Crippen LogP contribution in [-0.2, 0) is 15.5 Å². The van der Waals surface area contributed by atoms with Crippen molar-refractivity contribution in [3.05, 3.63) is 64.2 Å². The van der Waals surface area contributed by atoms with Crippen molar-refractivity contribution in [3.8, 4) is 5.75 Å². The third-order valence-electron chi connectivity index (χ3n) is 3.24. The Balaban J connectivity index is 2.29. The highest BCUT2D eigenvalue weighted by molar-refractivity contribution is 7.87. The second kappa shape index (κ2) is 6.00. The summed E-state index contributed by atoms with van der Waals surface area (Å²) < 4.78 is 29.6. The van der Waals surface area contributed by atoms with Crippen molar-refractivity contribution < 1.29 is 17.5 Å². The van der Waals surface area contributed by atoms with Crippen LogP contribution in [0.25, 0.3) is 0 Å². The average molecular weight is 335 g/mol. The molecule has 0 amide bonds. The van der Waals surface area contributed by atoms with Gasteiger partial charge in [0.15, 0.2) is 0 Å². The van der Waals surface area contributed by atoms with Crippen LogP contribution in [0, 0.1) is 10.1 Å². The lowest BCUT2D eigenvalue weighted by atomic mass is 9.87. The summed E-state index contributed by atoms with van der Waals surface area (Å²) in [5.74, 6) is 0.204. The van der Waals surface area contributed by atoms with Gasteiger partial charge in [0.05, 0.1) is 4.92 Å². The van der Waals surface area contributed by atoms with E-state index < -0.39 is 15.0 Å². The average Bonchev–Trinajstić information content (AvgIpc) is 2.46. The minimum absolute atomic E-state index is 0.135. The Morgan fingerprint density at radius 3 is 2.17 bits per heavy atom. The molecule has 0 N–H and O–H groups in total. The predicted octanol–water partition coefficient (Wildman–Crippen LogP) is 3.66. The number of nitro groups is 1. The van der Waals surface area contributed by atoms with Crippen LogP contribution in [0.15, 0.2) is 53.4 Å². The molecule has 0 aromatic heterocycles. The summed E-state index contributed by atoms with van der Waals surface area (Å²) in [5.41, 5.74) is 0.615. The van der Waals surface area contributed by atoms with Gasteiger partial charge in [-0.05, 0) is 35.2 Å². The zero-order valence-corrected chi connectivity index (χ0v) is 13.8. The largest absolute Gasteiger partial charge is 0.379 e. The lowest BCUT2D eigenvalue weighted by Crippen LogP contribution is -2.13. The summed E-state index contributed by atoms with van der Waals surface area (Å²) in [6.07, 6.45) is 0. The highest BCUT2D eigenvalue weighted by Gasteiger charge is 2.20. The smallest absolute Gasteiger partial charge is 0.339 e. The maximum Gasteiger partial charge on any atom is 0.339 e. The van der Waals surface area contributed by atoms with E-state index in [4.69, 9.17) is 4.18 Å². The fourth-order valence-electron chi connectivity index (χ4n) is 1.92. The molecule has 0 aliphatic rings. The summed E-state index contributed by atoms with van der Waals surface area (Å²) in [4.78, 5) is 9.88. The van der Waals surface area contributed by atoms with Crippen LogP contribution in [0.3, 0.4) is 0 Å². The number of hydrogen-bond donors (Lipinski definition) is 0. The van der Waals surface area contributed by atoms with E-state index >= 15 is 0 Å². The van der Waals surface area contributed by atoms with E-state index in [1.165, 1.54) is 0 Å². The van der Waals surface area contributed by atoms with Crippen LogP contribution in [0.2, 0.25) is 0 Å². The second-order valence-corrected chi connectivity index (χ2v) is 7.61. The van der Waals surface area contributed by atoms with Gasteiger partial charge in [-0.2, -0.15) is 8.42 Å². The Bertz CT molecular complexity index is 820. The first-order chi connectivity index (χ1) is 10.6. The van der Waals surface area contributed by atoms with Crippen LogP contribution < -0.4 is 4.18 Å². The molecule has 0 aliphatic heterocycles. The molecular weight excluding hydrogens is 318 g/mol. The first-order valence-corrected chi connectivity index (χ1v) is 8.30. The Labute approximate surface area is 135 Å². The number of nitrogens with zero attached hydrogens (tertiary/aromatic N) is 1. The zero-order valence-electron chi connectivity index (χ0n) is 13.0. The monoisotopic (exact) mass is 335 g/mol. The molecule has 0 spiro atoms. The zero-order chi connectivity index (χ0) is 17.3. The van der Waals surface area contributed by atoms with E-state index in [0.717, 1.165) is 29.8 Å². The fourth-order valence-corrected chi connectivity index (χ4v) is 2.85. The van der Waals surface area contributed by atoms with Crippen LogP contribution in [-0.4, -0.2) is 13.3 Å². The topological polar surface area (TPSA) is 86.5 Å². The van der Waals surface area contributed by atoms with Gasteiger partial charge in [-0.15, -0.1) is 0 Å². The van der Waals surface area contributed by atoms with Gasteiger partial charge in [0.1, 0.15) is 10.6 Å². The molecule has 2 aromatic rings. The molecule has 6 nitrogen and oxygen atoms in total. The van der Waals surface area contributed by atoms with Crippen LogP contribution in [0.1, 0.15) is 26.3 Å². The standard InChI is InChI=1S/C16H17NO5S/c1-16(2,3)12-5-4-6-14(11-12)22-23(20,21)15-9-7-13(8-10-15)17(18)19/h4-11H,1-3H3. The summed E-state index contributed by atoms with van der Waals surface area (Å²) in [6.45, 7) is 6.03. The highest BCUT2D eigenvalue weighted by atomic mass is 32.2. The van der Waals surface area contributed by atoms with E-state index in [-0.39, 0.29) is 21.7 Å². The minimum Gasteiger partial charge on any atom is -0.379 e. The van der Waals surface area contributed by atoms with Gasteiger partial charge in [-0.25, -0.2) is 0 Å². The maximum atomic E-state index is 12.3. The van der Waals surface area contributed by atoms with E-state index in [9.17, 15) is 18.5 Å². The SMILES string of the molecule is CC(C)(C)c1cccc(OS(=O)(=O)c2ccc([N+](=O)[O-])cc2)c1. The quantitative estimate of drug-likeness (QED) is 0.483. The third-order valence-corrected chi connectivity index (χ3v) is 4.50. The van der Waals surface area contributed by atoms with Crippen LogP contribution in [0.5, 0.6) is 5.75 Å². The Hall–Kier alpha value is -2.41. The molecule has 23 heavy (non-hydrogen) atoms. The van der Waals surface area contributed by atoms with Gasteiger partial charge in [-0.3, -0.25) is 10.1 Å². The second-order valence-electron chi connectivity index (χ2n) is 6.07. The first kappa shape index (κ1) is 17.0. The summed E-state index contributed by atoms with van der Waals surface area (Å²) in [5, 5.41) is 10.6. The summed E-state index contributed by atoms with van der Waals surface area (Å²) >= 11 is 0. The van der Waals surface area contributed by atoms with E-state index in [2.05, 4.69) is 0 Å². The van der Waals surface area contributed by atoms with Crippen molar-refractivity contribution in [1.29, 1.82) is 0 Å². The molecule has 0 atom stereocenters. The van der Waals surface area contributed by atoms with Crippen molar-refractivity contribution in [2.45, 2.75) is 31.1 Å². The molecule has 0 saturated carbocycles. The normalized spacial score (nSPS) is 12.0. The van der Waals surface area contributed by atoms with Crippen molar-refractivity contribution in [3.63, 3.8) is 0 Å². The van der Waals surface area contributed by atoms with Gasteiger partial charge >= 0.3 is 10.1 Å². The van der Waals surface area contributed by atoms with Crippen molar-refractivity contribution in [2.24, 2.45) is 0 Å². The van der Waals surface area contributed by atoms with Gasteiger partial charge in [0.2, 0.25) is 0 Å². The molecule has 0 heterocycles. The Morgan fingerprint density at radius 2 is 1.65 bits per heavy atom. The van der Waals surface area contributed by atoms with Crippen LogP contribution in [0.4, 0.5) is 5.69 Å². The van der Waals surface area contributed by atoms with E-state index in [1.54, 1.807) is 18.2 Å². The fraction of sp³-hybridized carbons (Fsp3) is 0.250. The van der Waals surface area contributed by atoms with Gasteiger partial charge < -0.3 is 4.18 Å². The van der Waals surface area contributed by atoms with Gasteiger partial charge in [0.25, 0.3) is 5.69 Å². The molecule has 2 aromatic carbocycles. The molecule has 0 radical (unpaired) electrons. The summed E-state index contributed by atoms with van der Waals surface area (Å²) in [7, 11) is -4.04. The van der Waals surface area contributed by atoms with Crippen molar-refractivity contribution in [1.82, 2.24) is 0 Å². The molecule has 0 bridgehead atoms. The Kier molecular flexibility index (Phi) is 4.42. The summed E-state index contributed by atoms with van der Waals surface area (Å²) in [6, 6.07) is 11.4. The molecule has 0 unspecified atom stereocenters. The molecule has 0 aliphatic carbocycles. The first-order valence-electron chi connectivity index (χ1n) is 6.89. The molecule has 2 rings (SSSR count). The van der Waals surface area contributed by atoms with Crippen molar-refractivity contribution >= 4 is 15.8 Å². The molecular formula is C16H17NO5S. The van der Waals surface area contributed by atoms with Crippen molar-refractivity contribution in [2.75, 3.05) is 0 Å². The molecule has 7 heteroatoms. The maximum absolute atomic E-state index is 12.3.